The van der Waals surface area contributed by atoms with E-state index in [1.54, 1.807) is 0 Å². The zero-order valence-corrected chi connectivity index (χ0v) is 10.3. The maximum Gasteiger partial charge on any atom is 0.341 e. The maximum atomic E-state index is 12.5. The van der Waals surface area contributed by atoms with Crippen molar-refractivity contribution in [3.05, 3.63) is 36.5 Å². The van der Waals surface area contributed by atoms with E-state index < -0.39 is 20.5 Å². The molecule has 0 spiro atoms. The van der Waals surface area contributed by atoms with E-state index in [-0.39, 0.29) is 18.1 Å². The number of halogens is 2. The molecule has 19 heavy (non-hydrogen) atoms. The molecule has 102 valence electrons. The van der Waals surface area contributed by atoms with E-state index >= 15 is 0 Å². The fourth-order valence-corrected chi connectivity index (χ4v) is 2.31. The van der Waals surface area contributed by atoms with E-state index in [2.05, 4.69) is 20.0 Å². The van der Waals surface area contributed by atoms with Crippen molar-refractivity contribution < 1.29 is 21.7 Å². The molecule has 0 bridgehead atoms. The summed E-state index contributed by atoms with van der Waals surface area (Å²) in [5.41, 5.74) is 0.0626. The molecule has 2 rings (SSSR count). The van der Waals surface area contributed by atoms with E-state index in [0.29, 0.717) is 0 Å². The minimum Gasteiger partial charge on any atom is -0.377 e. The second-order valence-electron chi connectivity index (χ2n) is 3.50. The maximum absolute atomic E-state index is 12.5. The van der Waals surface area contributed by atoms with Crippen molar-refractivity contribution in [3.63, 3.8) is 0 Å². The first kappa shape index (κ1) is 13.4. The summed E-state index contributed by atoms with van der Waals surface area (Å²) < 4.78 is 52.5. The van der Waals surface area contributed by atoms with Crippen LogP contribution in [0.15, 0.2) is 40.1 Å². The largest absolute Gasteiger partial charge is 0.377 e. The highest BCUT2D eigenvalue weighted by Gasteiger charge is 2.28. The second kappa shape index (κ2) is 5.31. The van der Waals surface area contributed by atoms with Gasteiger partial charge in [-0.25, -0.2) is 8.42 Å². The molecule has 1 N–H and O–H groups in total. The number of nitrogens with one attached hydrogen (secondary N) is 1. The third-order valence-corrected chi connectivity index (χ3v) is 3.71. The first-order valence-electron chi connectivity index (χ1n) is 5.12. The van der Waals surface area contributed by atoms with Gasteiger partial charge in [0.2, 0.25) is 16.2 Å². The summed E-state index contributed by atoms with van der Waals surface area (Å²) >= 11 is 0. The van der Waals surface area contributed by atoms with Crippen molar-refractivity contribution in [1.82, 2.24) is 10.1 Å². The number of aromatic nitrogens is 2. The highest BCUT2D eigenvalue weighted by atomic mass is 32.2. The fraction of sp³-hybridized carbons (Fsp3) is 0.200. The summed E-state index contributed by atoms with van der Waals surface area (Å²) in [6, 6.07) is 5.40. The van der Waals surface area contributed by atoms with Crippen LogP contribution in [0.2, 0.25) is 0 Å². The average Bonchev–Trinajstić information content (AvgIpc) is 2.89. The van der Waals surface area contributed by atoms with Gasteiger partial charge in [-0.1, -0.05) is 17.3 Å². The molecule has 9 heteroatoms. The summed E-state index contributed by atoms with van der Waals surface area (Å²) in [5, 5.41) is 6.19. The van der Waals surface area contributed by atoms with Crippen LogP contribution in [0.3, 0.4) is 0 Å². The summed E-state index contributed by atoms with van der Waals surface area (Å²) in [6.07, 6.45) is 1.11. The van der Waals surface area contributed by atoms with Crippen LogP contribution in [0.4, 0.5) is 14.5 Å². The first-order valence-corrected chi connectivity index (χ1v) is 6.66. The van der Waals surface area contributed by atoms with Crippen molar-refractivity contribution in [2.45, 2.75) is 17.2 Å². The molecule has 0 radical (unpaired) electrons. The molecule has 0 saturated heterocycles. The van der Waals surface area contributed by atoms with Gasteiger partial charge in [0.1, 0.15) is 0 Å². The van der Waals surface area contributed by atoms with Crippen LogP contribution in [0.1, 0.15) is 5.82 Å². The third-order valence-electron chi connectivity index (χ3n) is 2.27. The number of rotatable bonds is 5. The lowest BCUT2D eigenvalue weighted by atomic mass is 10.3. The molecule has 0 aliphatic carbocycles. The summed E-state index contributed by atoms with van der Waals surface area (Å²) in [5.74, 6) is -3.19. The zero-order valence-electron chi connectivity index (χ0n) is 9.45. The number of alkyl halides is 2. The Morgan fingerprint density at radius 3 is 2.68 bits per heavy atom. The molecule has 0 unspecified atom stereocenters. The number of nitrogens with zero attached hydrogens (tertiary/aromatic N) is 2. The molecule has 0 aliphatic heterocycles. The fourth-order valence-electron chi connectivity index (χ4n) is 1.40. The van der Waals surface area contributed by atoms with Crippen LogP contribution in [0, 0.1) is 0 Å². The Bertz CT molecular complexity index is 644. The molecule has 1 aromatic heterocycles. The normalized spacial score (nSPS) is 11.7. The van der Waals surface area contributed by atoms with E-state index in [1.807, 2.05) is 0 Å². The van der Waals surface area contributed by atoms with Gasteiger partial charge >= 0.3 is 5.76 Å². The molecule has 0 fully saturated rings. The van der Waals surface area contributed by atoms with Gasteiger partial charge in [-0.3, -0.25) is 0 Å². The van der Waals surface area contributed by atoms with Gasteiger partial charge in [0.25, 0.3) is 0 Å². The average molecular weight is 289 g/mol. The van der Waals surface area contributed by atoms with Gasteiger partial charge in [-0.2, -0.15) is 13.8 Å². The predicted octanol–water partition coefficient (Wildman–Crippen LogP) is 1.68. The number of hydrogen-bond acceptors (Lipinski definition) is 6. The van der Waals surface area contributed by atoms with Gasteiger partial charge in [-0.15, -0.1) is 0 Å². The first-order chi connectivity index (χ1) is 9.01. The lowest BCUT2D eigenvalue weighted by Gasteiger charge is -2.10. The Kier molecular flexibility index (Phi) is 3.74. The van der Waals surface area contributed by atoms with Crippen molar-refractivity contribution in [2.24, 2.45) is 0 Å². The van der Waals surface area contributed by atoms with Crippen LogP contribution in [-0.2, 0) is 16.4 Å². The zero-order chi connectivity index (χ0) is 13.9. The van der Waals surface area contributed by atoms with Crippen molar-refractivity contribution in [1.29, 1.82) is 0 Å². The smallest absolute Gasteiger partial charge is 0.341 e. The molecule has 0 atom stereocenters. The minimum atomic E-state index is -4.66. The van der Waals surface area contributed by atoms with Crippen LogP contribution in [0.5, 0.6) is 0 Å². The van der Waals surface area contributed by atoms with E-state index in [4.69, 9.17) is 0 Å². The Labute approximate surface area is 107 Å². The van der Waals surface area contributed by atoms with Crippen molar-refractivity contribution >= 4 is 15.5 Å². The Balaban J connectivity index is 2.27. The van der Waals surface area contributed by atoms with Crippen LogP contribution >= 0.6 is 0 Å². The lowest BCUT2D eigenvalue weighted by Crippen LogP contribution is -2.14. The molecular weight excluding hydrogens is 280 g/mol. The number of hydrogen-bond donors (Lipinski definition) is 1. The molecule has 1 heterocycles. The standard InChI is InChI=1S/C10H9F2N3O3S/c11-10(12)19(16,17)8-4-2-1-3-7(8)13-5-9-14-6-18-15-9/h1-4,6,10,13H,5H2. The Morgan fingerprint density at radius 2 is 2.05 bits per heavy atom. The van der Waals surface area contributed by atoms with E-state index in [9.17, 15) is 17.2 Å². The number of sulfone groups is 1. The van der Waals surface area contributed by atoms with Gasteiger partial charge in [0.15, 0.2) is 5.82 Å². The molecule has 6 nitrogen and oxygen atoms in total. The van der Waals surface area contributed by atoms with Gasteiger partial charge in [0.05, 0.1) is 17.1 Å². The highest BCUT2D eigenvalue weighted by Crippen LogP contribution is 2.26. The quantitative estimate of drug-likeness (QED) is 0.901. The summed E-state index contributed by atoms with van der Waals surface area (Å²) in [6.45, 7) is 0.0618. The van der Waals surface area contributed by atoms with E-state index in [0.717, 1.165) is 12.5 Å². The summed E-state index contributed by atoms with van der Waals surface area (Å²) in [4.78, 5) is 3.26. The Hall–Kier alpha value is -2.03. The van der Waals surface area contributed by atoms with Crippen LogP contribution in [0.25, 0.3) is 0 Å². The van der Waals surface area contributed by atoms with Crippen LogP contribution in [-0.4, -0.2) is 24.3 Å². The molecule has 1 aromatic carbocycles. The molecule has 0 amide bonds. The number of anilines is 1. The number of para-hydroxylation sites is 1. The second-order valence-corrected chi connectivity index (χ2v) is 5.39. The highest BCUT2D eigenvalue weighted by molar-refractivity contribution is 7.91. The Morgan fingerprint density at radius 1 is 1.32 bits per heavy atom. The van der Waals surface area contributed by atoms with E-state index in [1.165, 1.54) is 18.2 Å². The number of benzene rings is 1. The van der Waals surface area contributed by atoms with Crippen molar-refractivity contribution in [2.75, 3.05) is 5.32 Å². The minimum absolute atomic E-state index is 0.0618. The molecule has 0 saturated carbocycles. The topological polar surface area (TPSA) is 85.1 Å². The predicted molar refractivity (Wildman–Crippen MR) is 61.3 cm³/mol. The third kappa shape index (κ3) is 2.87. The lowest BCUT2D eigenvalue weighted by molar-refractivity contribution is 0.235. The van der Waals surface area contributed by atoms with Crippen molar-refractivity contribution in [3.8, 4) is 0 Å². The van der Waals surface area contributed by atoms with Gasteiger partial charge < -0.3 is 9.84 Å². The van der Waals surface area contributed by atoms with Crippen LogP contribution < -0.4 is 5.32 Å². The molecule has 2 aromatic rings. The SMILES string of the molecule is O=S(=O)(c1ccccc1NCc1ncon1)C(F)F. The molecule has 0 aliphatic rings. The molecular formula is C10H9F2N3O3S. The summed E-state index contributed by atoms with van der Waals surface area (Å²) in [7, 11) is -4.66. The van der Waals surface area contributed by atoms with Gasteiger partial charge in [0, 0.05) is 0 Å². The monoisotopic (exact) mass is 289 g/mol. The van der Waals surface area contributed by atoms with Gasteiger partial charge in [-0.05, 0) is 12.1 Å².